The molecule has 3 aromatic rings. The van der Waals surface area contributed by atoms with Crippen molar-refractivity contribution in [1.29, 1.82) is 0 Å². The predicted octanol–water partition coefficient (Wildman–Crippen LogP) is 3.67. The lowest BCUT2D eigenvalue weighted by atomic mass is 10.0. The number of anilines is 3. The van der Waals surface area contributed by atoms with Crippen LogP contribution in [0.3, 0.4) is 0 Å². The largest absolute Gasteiger partial charge is 0.387 e. The molecular formula is C19H20N4O. The van der Waals surface area contributed by atoms with Crippen LogP contribution >= 0.6 is 0 Å². The van der Waals surface area contributed by atoms with Crippen molar-refractivity contribution in [2.24, 2.45) is 0 Å². The average molecular weight is 320 g/mol. The minimum absolute atomic E-state index is 0.382. The quantitative estimate of drug-likeness (QED) is 0.646. The van der Waals surface area contributed by atoms with Crippen molar-refractivity contribution in [3.05, 3.63) is 78.0 Å². The Morgan fingerprint density at radius 2 is 1.75 bits per heavy atom. The van der Waals surface area contributed by atoms with Gasteiger partial charge in [-0.1, -0.05) is 42.5 Å². The molecule has 0 aliphatic carbocycles. The number of aliphatic hydroxyl groups is 1. The van der Waals surface area contributed by atoms with E-state index < -0.39 is 6.10 Å². The number of aryl methyl sites for hydroxylation is 1. The number of benzene rings is 2. The fourth-order valence-corrected chi connectivity index (χ4v) is 2.44. The summed E-state index contributed by atoms with van der Waals surface area (Å²) >= 11 is 0. The summed E-state index contributed by atoms with van der Waals surface area (Å²) in [7, 11) is 0. The molecule has 3 N–H and O–H groups in total. The first-order valence-corrected chi connectivity index (χ1v) is 7.85. The van der Waals surface area contributed by atoms with Gasteiger partial charge in [0.25, 0.3) is 0 Å². The summed E-state index contributed by atoms with van der Waals surface area (Å²) in [5, 5.41) is 16.6. The van der Waals surface area contributed by atoms with Crippen LogP contribution in [0.15, 0.2) is 66.9 Å². The molecule has 5 nitrogen and oxygen atoms in total. The third-order valence-electron chi connectivity index (χ3n) is 3.71. The molecule has 0 radical (unpaired) electrons. The van der Waals surface area contributed by atoms with Crippen LogP contribution in [0.4, 0.5) is 17.5 Å². The normalized spacial score (nSPS) is 11.8. The van der Waals surface area contributed by atoms with Crippen LogP contribution in [0.5, 0.6) is 0 Å². The van der Waals surface area contributed by atoms with Gasteiger partial charge in [0.2, 0.25) is 5.95 Å². The van der Waals surface area contributed by atoms with Gasteiger partial charge in [0, 0.05) is 18.4 Å². The highest BCUT2D eigenvalue weighted by Crippen LogP contribution is 2.18. The molecule has 0 fully saturated rings. The zero-order chi connectivity index (χ0) is 16.8. The summed E-state index contributed by atoms with van der Waals surface area (Å²) in [6, 6.07) is 19.3. The SMILES string of the molecule is Cc1ccccc1C(O)CNc1ccnc(Nc2ccccc2)n1. The van der Waals surface area contributed by atoms with Crippen LogP contribution in [0.25, 0.3) is 0 Å². The summed E-state index contributed by atoms with van der Waals surface area (Å²) in [6.45, 7) is 2.37. The van der Waals surface area contributed by atoms with Crippen molar-refractivity contribution < 1.29 is 5.11 Å². The van der Waals surface area contributed by atoms with Crippen LogP contribution in [-0.2, 0) is 0 Å². The van der Waals surface area contributed by atoms with E-state index in [4.69, 9.17) is 0 Å². The number of nitrogens with one attached hydrogen (secondary N) is 2. The number of aromatic nitrogens is 2. The minimum atomic E-state index is -0.591. The van der Waals surface area contributed by atoms with Crippen LogP contribution in [0.2, 0.25) is 0 Å². The molecule has 0 aliphatic heterocycles. The van der Waals surface area contributed by atoms with Crippen LogP contribution < -0.4 is 10.6 Å². The second-order valence-corrected chi connectivity index (χ2v) is 5.51. The third kappa shape index (κ3) is 4.08. The molecule has 1 heterocycles. The zero-order valence-corrected chi connectivity index (χ0v) is 13.5. The molecule has 5 heteroatoms. The minimum Gasteiger partial charge on any atom is -0.387 e. The van der Waals surface area contributed by atoms with Gasteiger partial charge in [-0.25, -0.2) is 4.98 Å². The fraction of sp³-hybridized carbons (Fsp3) is 0.158. The first-order chi connectivity index (χ1) is 11.7. The highest BCUT2D eigenvalue weighted by Gasteiger charge is 2.10. The van der Waals surface area contributed by atoms with Crippen molar-refractivity contribution in [3.8, 4) is 0 Å². The Morgan fingerprint density at radius 1 is 1.00 bits per heavy atom. The second kappa shape index (κ2) is 7.57. The maximum atomic E-state index is 10.3. The third-order valence-corrected chi connectivity index (χ3v) is 3.71. The van der Waals surface area contributed by atoms with Gasteiger partial charge < -0.3 is 15.7 Å². The molecule has 0 saturated carbocycles. The number of para-hydroxylation sites is 1. The lowest BCUT2D eigenvalue weighted by Gasteiger charge is -2.15. The summed E-state index contributed by atoms with van der Waals surface area (Å²) in [6.07, 6.45) is 1.09. The maximum absolute atomic E-state index is 10.3. The molecule has 0 amide bonds. The van der Waals surface area contributed by atoms with E-state index in [0.717, 1.165) is 16.8 Å². The first-order valence-electron chi connectivity index (χ1n) is 7.85. The summed E-state index contributed by atoms with van der Waals surface area (Å²) < 4.78 is 0. The van der Waals surface area contributed by atoms with E-state index in [9.17, 15) is 5.11 Å². The van der Waals surface area contributed by atoms with E-state index in [0.29, 0.717) is 18.3 Å². The second-order valence-electron chi connectivity index (χ2n) is 5.51. The molecular weight excluding hydrogens is 300 g/mol. The van der Waals surface area contributed by atoms with Gasteiger partial charge in [-0.05, 0) is 36.2 Å². The van der Waals surface area contributed by atoms with Crippen molar-refractivity contribution >= 4 is 17.5 Å². The van der Waals surface area contributed by atoms with E-state index >= 15 is 0 Å². The van der Waals surface area contributed by atoms with Gasteiger partial charge in [-0.2, -0.15) is 4.98 Å². The smallest absolute Gasteiger partial charge is 0.229 e. The monoisotopic (exact) mass is 320 g/mol. The van der Waals surface area contributed by atoms with Crippen molar-refractivity contribution in [1.82, 2.24) is 9.97 Å². The molecule has 0 saturated heterocycles. The summed E-state index contributed by atoms with van der Waals surface area (Å²) in [5.41, 5.74) is 2.91. The Kier molecular flexibility index (Phi) is 5.03. The van der Waals surface area contributed by atoms with E-state index in [1.165, 1.54) is 0 Å². The number of hydrogen-bond acceptors (Lipinski definition) is 5. The van der Waals surface area contributed by atoms with Crippen LogP contribution in [-0.4, -0.2) is 21.6 Å². The van der Waals surface area contributed by atoms with Crippen molar-refractivity contribution in [2.45, 2.75) is 13.0 Å². The maximum Gasteiger partial charge on any atom is 0.229 e. The standard InChI is InChI=1S/C19H20N4O/c1-14-7-5-6-10-16(14)17(24)13-21-18-11-12-20-19(23-18)22-15-8-3-2-4-9-15/h2-12,17,24H,13H2,1H3,(H2,20,21,22,23). The highest BCUT2D eigenvalue weighted by molar-refractivity contribution is 5.54. The lowest BCUT2D eigenvalue weighted by molar-refractivity contribution is 0.191. The molecule has 1 aromatic heterocycles. The van der Waals surface area contributed by atoms with Gasteiger partial charge in [0.15, 0.2) is 0 Å². The van der Waals surface area contributed by atoms with Crippen LogP contribution in [0, 0.1) is 6.92 Å². The molecule has 2 aromatic carbocycles. The molecule has 3 rings (SSSR count). The van der Waals surface area contributed by atoms with E-state index in [1.807, 2.05) is 61.5 Å². The number of rotatable bonds is 6. The molecule has 1 atom stereocenters. The average Bonchev–Trinajstić information content (AvgIpc) is 2.61. The van der Waals surface area contributed by atoms with Gasteiger partial charge in [0.1, 0.15) is 5.82 Å². The van der Waals surface area contributed by atoms with Crippen molar-refractivity contribution in [2.75, 3.05) is 17.2 Å². The fourth-order valence-electron chi connectivity index (χ4n) is 2.44. The topological polar surface area (TPSA) is 70.1 Å². The van der Waals surface area contributed by atoms with Gasteiger partial charge in [-0.3, -0.25) is 0 Å². The number of nitrogens with zero attached hydrogens (tertiary/aromatic N) is 2. The summed E-state index contributed by atoms with van der Waals surface area (Å²) in [5.74, 6) is 1.17. The Balaban J connectivity index is 1.63. The van der Waals surface area contributed by atoms with Gasteiger partial charge in [-0.15, -0.1) is 0 Å². The van der Waals surface area contributed by atoms with Crippen molar-refractivity contribution in [3.63, 3.8) is 0 Å². The lowest BCUT2D eigenvalue weighted by Crippen LogP contribution is -2.14. The number of hydrogen-bond donors (Lipinski definition) is 3. The van der Waals surface area contributed by atoms with Gasteiger partial charge >= 0.3 is 0 Å². The Bertz CT molecular complexity index is 792. The van der Waals surface area contributed by atoms with E-state index in [2.05, 4.69) is 20.6 Å². The number of aliphatic hydroxyl groups excluding tert-OH is 1. The Labute approximate surface area is 141 Å². The highest BCUT2D eigenvalue weighted by atomic mass is 16.3. The molecule has 24 heavy (non-hydrogen) atoms. The summed E-state index contributed by atoms with van der Waals surface area (Å²) in [4.78, 5) is 8.62. The van der Waals surface area contributed by atoms with Crippen LogP contribution in [0.1, 0.15) is 17.2 Å². The molecule has 122 valence electrons. The van der Waals surface area contributed by atoms with E-state index in [1.54, 1.807) is 12.3 Å². The Morgan fingerprint density at radius 3 is 2.54 bits per heavy atom. The van der Waals surface area contributed by atoms with Gasteiger partial charge in [0.05, 0.1) is 6.10 Å². The molecule has 1 unspecified atom stereocenters. The molecule has 0 aliphatic rings. The molecule has 0 spiro atoms. The zero-order valence-electron chi connectivity index (χ0n) is 13.5. The van der Waals surface area contributed by atoms with E-state index in [-0.39, 0.29) is 0 Å². The molecule has 0 bridgehead atoms. The predicted molar refractivity (Wildman–Crippen MR) is 96.4 cm³/mol. The first kappa shape index (κ1) is 16.0. The Hall–Kier alpha value is -2.92.